The highest BCUT2D eigenvalue weighted by Gasteiger charge is 2.02. The van der Waals surface area contributed by atoms with Gasteiger partial charge in [-0.3, -0.25) is 4.79 Å². The van der Waals surface area contributed by atoms with Crippen LogP contribution >= 0.6 is 0 Å². The zero-order chi connectivity index (χ0) is 12.0. The molecular weight excluding hydrogens is 204 g/mol. The molecule has 0 aromatic carbocycles. The van der Waals surface area contributed by atoms with Gasteiger partial charge >= 0.3 is 0 Å². The number of rotatable bonds is 5. The molecule has 0 spiro atoms. The first-order valence-corrected chi connectivity index (χ1v) is 5.50. The molecule has 1 aromatic heterocycles. The maximum absolute atomic E-state index is 11.2. The minimum Gasteiger partial charge on any atom is -0.361 e. The molecule has 0 aliphatic carbocycles. The van der Waals surface area contributed by atoms with Crippen molar-refractivity contribution in [2.24, 2.45) is 0 Å². The topological polar surface area (TPSA) is 66.9 Å². The van der Waals surface area contributed by atoms with Gasteiger partial charge in [-0.25, -0.2) is 9.97 Å². The molecule has 0 aliphatic rings. The Bertz CT molecular complexity index is 365. The van der Waals surface area contributed by atoms with Gasteiger partial charge in [0.1, 0.15) is 11.6 Å². The molecule has 0 aliphatic heterocycles. The molecule has 0 unspecified atom stereocenters. The highest BCUT2D eigenvalue weighted by atomic mass is 16.1. The number of carbonyl (C=O) groups excluding carboxylic acids is 1. The van der Waals surface area contributed by atoms with Gasteiger partial charge in [0.15, 0.2) is 0 Å². The van der Waals surface area contributed by atoms with E-state index in [1.54, 1.807) is 0 Å². The third-order valence-corrected chi connectivity index (χ3v) is 2.06. The molecule has 16 heavy (non-hydrogen) atoms. The second kappa shape index (κ2) is 6.05. The summed E-state index contributed by atoms with van der Waals surface area (Å²) in [7, 11) is 0. The predicted octanol–water partition coefficient (Wildman–Crippen LogP) is 0.895. The van der Waals surface area contributed by atoms with Crippen molar-refractivity contribution in [3.63, 3.8) is 0 Å². The monoisotopic (exact) mass is 222 g/mol. The van der Waals surface area contributed by atoms with Crippen LogP contribution in [0.2, 0.25) is 0 Å². The lowest BCUT2D eigenvalue weighted by atomic mass is 10.3. The molecular formula is C11H18N4O. The molecule has 0 bridgehead atoms. The fourth-order valence-electron chi connectivity index (χ4n) is 1.33. The number of carbonyl (C=O) groups is 1. The lowest BCUT2D eigenvalue weighted by Crippen LogP contribution is -2.29. The van der Waals surface area contributed by atoms with Crippen LogP contribution in [0.3, 0.4) is 0 Å². The van der Waals surface area contributed by atoms with Crippen molar-refractivity contribution in [3.05, 3.63) is 17.6 Å². The van der Waals surface area contributed by atoms with Gasteiger partial charge in [0.05, 0.1) is 6.54 Å². The number of aryl methyl sites for hydroxylation is 2. The van der Waals surface area contributed by atoms with Crippen LogP contribution in [0.25, 0.3) is 0 Å². The van der Waals surface area contributed by atoms with Crippen LogP contribution in [0.15, 0.2) is 6.07 Å². The highest BCUT2D eigenvalue weighted by molar-refractivity contribution is 5.80. The summed E-state index contributed by atoms with van der Waals surface area (Å²) in [6.45, 7) is 6.66. The molecule has 5 heteroatoms. The van der Waals surface area contributed by atoms with Crippen molar-refractivity contribution < 1.29 is 4.79 Å². The zero-order valence-corrected chi connectivity index (χ0v) is 10.0. The van der Waals surface area contributed by atoms with Gasteiger partial charge in [0.2, 0.25) is 5.91 Å². The van der Waals surface area contributed by atoms with E-state index in [0.29, 0.717) is 12.4 Å². The molecule has 0 saturated heterocycles. The van der Waals surface area contributed by atoms with E-state index in [4.69, 9.17) is 0 Å². The molecule has 1 aromatic rings. The normalized spacial score (nSPS) is 9.94. The molecule has 2 N–H and O–H groups in total. The van der Waals surface area contributed by atoms with Gasteiger partial charge in [-0.2, -0.15) is 0 Å². The van der Waals surface area contributed by atoms with E-state index in [9.17, 15) is 4.79 Å². The van der Waals surface area contributed by atoms with E-state index in [1.807, 2.05) is 26.8 Å². The smallest absolute Gasteiger partial charge is 0.239 e. The minimum absolute atomic E-state index is 0.0307. The molecule has 0 atom stereocenters. The van der Waals surface area contributed by atoms with Crippen LogP contribution in [0.5, 0.6) is 0 Å². The lowest BCUT2D eigenvalue weighted by molar-refractivity contribution is -0.119. The van der Waals surface area contributed by atoms with Crippen molar-refractivity contribution >= 4 is 11.7 Å². The summed E-state index contributed by atoms with van der Waals surface area (Å²) in [6, 6.07) is 1.87. The Morgan fingerprint density at radius 1 is 1.38 bits per heavy atom. The van der Waals surface area contributed by atoms with E-state index in [2.05, 4.69) is 20.6 Å². The van der Waals surface area contributed by atoms with Crippen molar-refractivity contribution in [3.8, 4) is 0 Å². The summed E-state index contributed by atoms with van der Waals surface area (Å²) in [5, 5.41) is 5.70. The van der Waals surface area contributed by atoms with E-state index >= 15 is 0 Å². The van der Waals surface area contributed by atoms with E-state index < -0.39 is 0 Å². The summed E-state index contributed by atoms with van der Waals surface area (Å²) in [4.78, 5) is 19.7. The number of hydrogen-bond donors (Lipinski definition) is 2. The van der Waals surface area contributed by atoms with Crippen LogP contribution in [0.4, 0.5) is 5.82 Å². The molecule has 0 saturated carbocycles. The van der Waals surface area contributed by atoms with Gasteiger partial charge in [-0.05, 0) is 20.3 Å². The third kappa shape index (κ3) is 3.84. The van der Waals surface area contributed by atoms with Crippen LogP contribution in [-0.2, 0) is 11.2 Å². The first-order valence-electron chi connectivity index (χ1n) is 5.50. The molecule has 5 nitrogen and oxygen atoms in total. The SMILES string of the molecule is CCNC(=O)CNc1cc(CC)nc(C)n1. The fraction of sp³-hybridized carbons (Fsp3) is 0.545. The first kappa shape index (κ1) is 12.4. The second-order valence-electron chi connectivity index (χ2n) is 3.45. The van der Waals surface area contributed by atoms with Crippen molar-refractivity contribution in [2.45, 2.75) is 27.2 Å². The number of nitrogens with one attached hydrogen (secondary N) is 2. The van der Waals surface area contributed by atoms with E-state index in [-0.39, 0.29) is 12.5 Å². The van der Waals surface area contributed by atoms with Crippen LogP contribution in [0, 0.1) is 6.92 Å². The van der Waals surface area contributed by atoms with Crippen molar-refractivity contribution in [2.75, 3.05) is 18.4 Å². The summed E-state index contributed by atoms with van der Waals surface area (Å²) >= 11 is 0. The van der Waals surface area contributed by atoms with E-state index in [0.717, 1.165) is 17.9 Å². The standard InChI is InChI=1S/C11H18N4O/c1-4-9-6-10(15-8(3)14-9)13-7-11(16)12-5-2/h6H,4-5,7H2,1-3H3,(H,12,16)(H,13,14,15). The number of aromatic nitrogens is 2. The summed E-state index contributed by atoms with van der Waals surface area (Å²) < 4.78 is 0. The molecule has 1 heterocycles. The Morgan fingerprint density at radius 3 is 2.75 bits per heavy atom. The number of anilines is 1. The van der Waals surface area contributed by atoms with Crippen LogP contribution in [-0.4, -0.2) is 29.0 Å². The summed E-state index contributed by atoms with van der Waals surface area (Å²) in [5.41, 5.74) is 0.978. The first-order chi connectivity index (χ1) is 7.65. The molecule has 0 fully saturated rings. The number of nitrogens with zero attached hydrogens (tertiary/aromatic N) is 2. The number of amides is 1. The van der Waals surface area contributed by atoms with Crippen LogP contribution in [0.1, 0.15) is 25.4 Å². The lowest BCUT2D eigenvalue weighted by Gasteiger charge is -2.07. The number of likely N-dealkylation sites (N-methyl/N-ethyl adjacent to an activating group) is 1. The Morgan fingerprint density at radius 2 is 2.12 bits per heavy atom. The van der Waals surface area contributed by atoms with Gasteiger partial charge in [0.25, 0.3) is 0 Å². The van der Waals surface area contributed by atoms with Gasteiger partial charge in [0, 0.05) is 18.3 Å². The minimum atomic E-state index is -0.0307. The van der Waals surface area contributed by atoms with Gasteiger partial charge in [-0.1, -0.05) is 6.92 Å². The van der Waals surface area contributed by atoms with Crippen molar-refractivity contribution in [1.82, 2.24) is 15.3 Å². The van der Waals surface area contributed by atoms with Crippen LogP contribution < -0.4 is 10.6 Å². The fourth-order valence-corrected chi connectivity index (χ4v) is 1.33. The van der Waals surface area contributed by atoms with E-state index in [1.165, 1.54) is 0 Å². The third-order valence-electron chi connectivity index (χ3n) is 2.06. The Balaban J connectivity index is 2.59. The van der Waals surface area contributed by atoms with Gasteiger partial charge < -0.3 is 10.6 Å². The second-order valence-corrected chi connectivity index (χ2v) is 3.45. The molecule has 1 amide bonds. The van der Waals surface area contributed by atoms with Gasteiger partial charge in [-0.15, -0.1) is 0 Å². The number of hydrogen-bond acceptors (Lipinski definition) is 4. The highest BCUT2D eigenvalue weighted by Crippen LogP contribution is 2.06. The molecule has 0 radical (unpaired) electrons. The maximum atomic E-state index is 11.2. The van der Waals surface area contributed by atoms with Crippen molar-refractivity contribution in [1.29, 1.82) is 0 Å². The molecule has 1 rings (SSSR count). The Labute approximate surface area is 95.7 Å². The summed E-state index contributed by atoms with van der Waals surface area (Å²) in [5.74, 6) is 1.39. The predicted molar refractivity (Wildman–Crippen MR) is 63.3 cm³/mol. The zero-order valence-electron chi connectivity index (χ0n) is 10.0. The average molecular weight is 222 g/mol. The quantitative estimate of drug-likeness (QED) is 0.776. The molecule has 88 valence electrons. The maximum Gasteiger partial charge on any atom is 0.239 e. The summed E-state index contributed by atoms with van der Waals surface area (Å²) in [6.07, 6.45) is 0.860. The average Bonchev–Trinajstić information content (AvgIpc) is 2.26. The largest absolute Gasteiger partial charge is 0.361 e. The Kier molecular flexibility index (Phi) is 4.69. The Hall–Kier alpha value is -1.65.